The third-order valence-electron chi connectivity index (χ3n) is 3.94. The van der Waals surface area contributed by atoms with Gasteiger partial charge < -0.3 is 15.5 Å². The van der Waals surface area contributed by atoms with Gasteiger partial charge in [-0.3, -0.25) is 0 Å². The molecular weight excluding hydrogens is 234 g/mol. The van der Waals surface area contributed by atoms with E-state index in [4.69, 9.17) is 5.73 Å². The van der Waals surface area contributed by atoms with Crippen LogP contribution in [0.25, 0.3) is 0 Å². The summed E-state index contributed by atoms with van der Waals surface area (Å²) in [6.07, 6.45) is 6.44. The highest BCUT2D eigenvalue weighted by Crippen LogP contribution is 2.10. The molecular formula is C16H37N3. The Kier molecular flexibility index (Phi) is 11.6. The van der Waals surface area contributed by atoms with Crippen LogP contribution >= 0.6 is 0 Å². The second-order valence-corrected chi connectivity index (χ2v) is 6.33. The number of rotatable bonds is 12. The Labute approximate surface area is 121 Å². The second-order valence-electron chi connectivity index (χ2n) is 6.33. The molecule has 3 nitrogen and oxygen atoms in total. The summed E-state index contributed by atoms with van der Waals surface area (Å²) in [6, 6.07) is 0.331. The van der Waals surface area contributed by atoms with Crippen molar-refractivity contribution in [2.75, 3.05) is 40.3 Å². The normalized spacial score (nSPS) is 15.2. The van der Waals surface area contributed by atoms with Gasteiger partial charge in [0.1, 0.15) is 0 Å². The van der Waals surface area contributed by atoms with Crippen LogP contribution in [0.2, 0.25) is 0 Å². The van der Waals surface area contributed by atoms with Gasteiger partial charge in [-0.1, -0.05) is 20.3 Å². The van der Waals surface area contributed by atoms with Crippen LogP contribution in [0.15, 0.2) is 0 Å². The van der Waals surface area contributed by atoms with Gasteiger partial charge in [0.25, 0.3) is 0 Å². The average Bonchev–Trinajstić information content (AvgIpc) is 2.34. The molecule has 0 rings (SSSR count). The van der Waals surface area contributed by atoms with E-state index in [1.807, 2.05) is 0 Å². The Morgan fingerprint density at radius 2 is 1.47 bits per heavy atom. The molecule has 0 amide bonds. The fourth-order valence-electron chi connectivity index (χ4n) is 2.23. The SMILES string of the molecule is CCCCN(CCCC(C)C(C)N)CCCN(C)C. The molecule has 0 saturated carbocycles. The molecule has 0 aromatic rings. The highest BCUT2D eigenvalue weighted by atomic mass is 15.1. The molecule has 0 aliphatic heterocycles. The van der Waals surface area contributed by atoms with Gasteiger partial charge in [0.15, 0.2) is 0 Å². The third kappa shape index (κ3) is 11.4. The van der Waals surface area contributed by atoms with E-state index in [1.165, 1.54) is 58.3 Å². The number of unbranched alkanes of at least 4 members (excludes halogenated alkanes) is 1. The van der Waals surface area contributed by atoms with E-state index in [9.17, 15) is 0 Å². The molecule has 0 aliphatic rings. The quantitative estimate of drug-likeness (QED) is 0.592. The zero-order valence-electron chi connectivity index (χ0n) is 14.0. The van der Waals surface area contributed by atoms with Crippen molar-refractivity contribution in [2.24, 2.45) is 11.7 Å². The van der Waals surface area contributed by atoms with Crippen molar-refractivity contribution >= 4 is 0 Å². The lowest BCUT2D eigenvalue weighted by molar-refractivity contribution is 0.240. The van der Waals surface area contributed by atoms with Crippen LogP contribution in [-0.4, -0.2) is 56.1 Å². The summed E-state index contributed by atoms with van der Waals surface area (Å²) in [4.78, 5) is 4.91. The van der Waals surface area contributed by atoms with Crippen LogP contribution in [0.1, 0.15) is 52.9 Å². The van der Waals surface area contributed by atoms with Crippen molar-refractivity contribution in [3.63, 3.8) is 0 Å². The lowest BCUT2D eigenvalue weighted by atomic mass is 9.98. The standard InChI is InChI=1S/C16H37N3/c1-6-7-12-19(14-9-11-18(4)5)13-8-10-15(2)16(3)17/h15-16H,6-14,17H2,1-5H3. The van der Waals surface area contributed by atoms with Gasteiger partial charge >= 0.3 is 0 Å². The average molecular weight is 271 g/mol. The highest BCUT2D eigenvalue weighted by molar-refractivity contribution is 4.66. The maximum absolute atomic E-state index is 5.93. The number of hydrogen-bond donors (Lipinski definition) is 1. The number of hydrogen-bond acceptors (Lipinski definition) is 3. The summed E-state index contributed by atoms with van der Waals surface area (Å²) in [5.74, 6) is 0.648. The van der Waals surface area contributed by atoms with Crippen LogP contribution in [0.5, 0.6) is 0 Å². The summed E-state index contributed by atoms with van der Waals surface area (Å²) < 4.78 is 0. The lowest BCUT2D eigenvalue weighted by Gasteiger charge is -2.24. The first-order chi connectivity index (χ1) is 8.97. The molecule has 116 valence electrons. The van der Waals surface area contributed by atoms with Crippen molar-refractivity contribution in [1.29, 1.82) is 0 Å². The van der Waals surface area contributed by atoms with E-state index in [0.717, 1.165) is 0 Å². The minimum Gasteiger partial charge on any atom is -0.328 e. The summed E-state index contributed by atoms with van der Waals surface area (Å²) in [5, 5.41) is 0. The van der Waals surface area contributed by atoms with Gasteiger partial charge in [-0.15, -0.1) is 0 Å². The van der Waals surface area contributed by atoms with Crippen LogP contribution < -0.4 is 5.73 Å². The van der Waals surface area contributed by atoms with Crippen LogP contribution in [-0.2, 0) is 0 Å². The van der Waals surface area contributed by atoms with E-state index in [-0.39, 0.29) is 0 Å². The van der Waals surface area contributed by atoms with Gasteiger partial charge in [0.2, 0.25) is 0 Å². The van der Waals surface area contributed by atoms with E-state index in [2.05, 4.69) is 44.7 Å². The Hall–Kier alpha value is -0.120. The molecule has 0 heterocycles. The van der Waals surface area contributed by atoms with Gasteiger partial charge in [-0.2, -0.15) is 0 Å². The molecule has 2 atom stereocenters. The van der Waals surface area contributed by atoms with Crippen molar-refractivity contribution in [3.05, 3.63) is 0 Å². The molecule has 0 radical (unpaired) electrons. The Morgan fingerprint density at radius 3 is 2.00 bits per heavy atom. The first kappa shape index (κ1) is 18.9. The highest BCUT2D eigenvalue weighted by Gasteiger charge is 2.09. The second kappa shape index (κ2) is 11.7. The Bertz CT molecular complexity index is 192. The first-order valence-electron chi connectivity index (χ1n) is 8.10. The molecule has 0 aromatic carbocycles. The largest absolute Gasteiger partial charge is 0.328 e. The Balaban J connectivity index is 3.84. The molecule has 0 saturated heterocycles. The fraction of sp³-hybridized carbons (Fsp3) is 1.00. The zero-order valence-corrected chi connectivity index (χ0v) is 14.0. The van der Waals surface area contributed by atoms with E-state index in [1.54, 1.807) is 0 Å². The van der Waals surface area contributed by atoms with Crippen molar-refractivity contribution in [3.8, 4) is 0 Å². The zero-order chi connectivity index (χ0) is 14.7. The van der Waals surface area contributed by atoms with Crippen molar-refractivity contribution in [2.45, 2.75) is 58.9 Å². The molecule has 0 aliphatic carbocycles. The molecule has 0 spiro atoms. The lowest BCUT2D eigenvalue weighted by Crippen LogP contribution is -2.30. The minimum atomic E-state index is 0.331. The molecule has 19 heavy (non-hydrogen) atoms. The van der Waals surface area contributed by atoms with Crippen LogP contribution in [0.3, 0.4) is 0 Å². The maximum atomic E-state index is 5.93. The van der Waals surface area contributed by atoms with E-state index in [0.29, 0.717) is 12.0 Å². The minimum absolute atomic E-state index is 0.331. The monoisotopic (exact) mass is 271 g/mol. The van der Waals surface area contributed by atoms with Crippen LogP contribution in [0.4, 0.5) is 0 Å². The Morgan fingerprint density at radius 1 is 0.895 bits per heavy atom. The predicted octanol–water partition coefficient (Wildman–Crippen LogP) is 2.80. The summed E-state index contributed by atoms with van der Waals surface area (Å²) >= 11 is 0. The van der Waals surface area contributed by atoms with Crippen molar-refractivity contribution < 1.29 is 0 Å². The molecule has 0 aromatic heterocycles. The van der Waals surface area contributed by atoms with Gasteiger partial charge in [0.05, 0.1) is 0 Å². The van der Waals surface area contributed by atoms with Crippen LogP contribution in [0, 0.1) is 5.92 Å². The summed E-state index contributed by atoms with van der Waals surface area (Å²) in [7, 11) is 4.31. The number of nitrogens with zero attached hydrogens (tertiary/aromatic N) is 2. The van der Waals surface area contributed by atoms with E-state index >= 15 is 0 Å². The topological polar surface area (TPSA) is 32.5 Å². The molecule has 0 fully saturated rings. The first-order valence-corrected chi connectivity index (χ1v) is 8.10. The summed E-state index contributed by atoms with van der Waals surface area (Å²) in [6.45, 7) is 11.6. The molecule has 0 bridgehead atoms. The smallest absolute Gasteiger partial charge is 0.00361 e. The summed E-state index contributed by atoms with van der Waals surface area (Å²) in [5.41, 5.74) is 5.93. The predicted molar refractivity (Wildman–Crippen MR) is 86.6 cm³/mol. The molecule has 3 heteroatoms. The third-order valence-corrected chi connectivity index (χ3v) is 3.94. The maximum Gasteiger partial charge on any atom is 0.00361 e. The number of nitrogens with two attached hydrogens (primary N) is 1. The van der Waals surface area contributed by atoms with Gasteiger partial charge in [-0.05, 0) is 78.8 Å². The van der Waals surface area contributed by atoms with Gasteiger partial charge in [-0.25, -0.2) is 0 Å². The molecule has 2 unspecified atom stereocenters. The van der Waals surface area contributed by atoms with Crippen molar-refractivity contribution in [1.82, 2.24) is 9.80 Å². The van der Waals surface area contributed by atoms with E-state index < -0.39 is 0 Å². The fourth-order valence-corrected chi connectivity index (χ4v) is 2.23. The molecule has 2 N–H and O–H groups in total. The van der Waals surface area contributed by atoms with Gasteiger partial charge in [0, 0.05) is 6.04 Å².